The molecule has 5 nitrogen and oxygen atoms in total. The Kier molecular flexibility index (Phi) is 4.37. The standard InChI is InChI=1S/C18H20N4O/c1-13(12-22-9-3-8-20-22)11-19-18(23)16-6-7-17-15(10-16)5-4-14(2)21-17/h3-10,13H,11-12H2,1-2H3,(H,19,23). The number of hydrogen-bond acceptors (Lipinski definition) is 3. The number of hydrogen-bond donors (Lipinski definition) is 1. The van der Waals surface area contributed by atoms with Gasteiger partial charge in [0.1, 0.15) is 0 Å². The van der Waals surface area contributed by atoms with Crippen molar-refractivity contribution < 1.29 is 4.79 Å². The van der Waals surface area contributed by atoms with Gasteiger partial charge in [-0.15, -0.1) is 0 Å². The Morgan fingerprint density at radius 2 is 2.17 bits per heavy atom. The van der Waals surface area contributed by atoms with Crippen molar-refractivity contribution >= 4 is 16.8 Å². The second-order valence-electron chi connectivity index (χ2n) is 5.90. The summed E-state index contributed by atoms with van der Waals surface area (Å²) in [5.41, 5.74) is 2.55. The third-order valence-electron chi connectivity index (χ3n) is 3.76. The van der Waals surface area contributed by atoms with E-state index in [9.17, 15) is 4.79 Å². The molecule has 0 aliphatic carbocycles. The first-order valence-electron chi connectivity index (χ1n) is 7.75. The van der Waals surface area contributed by atoms with E-state index in [-0.39, 0.29) is 5.91 Å². The number of aryl methyl sites for hydroxylation is 1. The maximum atomic E-state index is 12.3. The number of nitrogens with zero attached hydrogens (tertiary/aromatic N) is 3. The zero-order valence-corrected chi connectivity index (χ0v) is 13.4. The summed E-state index contributed by atoms with van der Waals surface area (Å²) in [7, 11) is 0. The molecule has 5 heteroatoms. The van der Waals surface area contributed by atoms with Gasteiger partial charge in [0.25, 0.3) is 5.91 Å². The molecule has 2 aromatic heterocycles. The maximum absolute atomic E-state index is 12.3. The fraction of sp³-hybridized carbons (Fsp3) is 0.278. The van der Waals surface area contributed by atoms with Crippen LogP contribution in [0, 0.1) is 12.8 Å². The van der Waals surface area contributed by atoms with E-state index >= 15 is 0 Å². The minimum absolute atomic E-state index is 0.0557. The normalized spacial score (nSPS) is 12.3. The fourth-order valence-electron chi connectivity index (χ4n) is 2.53. The molecule has 1 amide bonds. The largest absolute Gasteiger partial charge is 0.352 e. The van der Waals surface area contributed by atoms with Crippen LogP contribution in [-0.4, -0.2) is 27.2 Å². The number of pyridine rings is 1. The van der Waals surface area contributed by atoms with Crippen molar-refractivity contribution in [3.8, 4) is 0 Å². The molecule has 0 saturated carbocycles. The summed E-state index contributed by atoms with van der Waals surface area (Å²) in [6.45, 7) is 5.45. The Morgan fingerprint density at radius 1 is 1.30 bits per heavy atom. The molecule has 1 unspecified atom stereocenters. The summed E-state index contributed by atoms with van der Waals surface area (Å²) in [6.07, 6.45) is 3.69. The molecule has 3 aromatic rings. The predicted molar refractivity (Wildman–Crippen MR) is 90.2 cm³/mol. The molecule has 0 fully saturated rings. The lowest BCUT2D eigenvalue weighted by Gasteiger charge is -2.13. The van der Waals surface area contributed by atoms with Gasteiger partial charge in [-0.05, 0) is 43.2 Å². The molecule has 23 heavy (non-hydrogen) atoms. The van der Waals surface area contributed by atoms with Crippen molar-refractivity contribution in [2.75, 3.05) is 6.54 Å². The van der Waals surface area contributed by atoms with Crippen molar-refractivity contribution in [3.05, 3.63) is 60.0 Å². The molecule has 0 bridgehead atoms. The molecule has 3 rings (SSSR count). The van der Waals surface area contributed by atoms with Crippen molar-refractivity contribution in [2.24, 2.45) is 5.92 Å². The van der Waals surface area contributed by atoms with Gasteiger partial charge in [-0.2, -0.15) is 5.10 Å². The topological polar surface area (TPSA) is 59.8 Å². The van der Waals surface area contributed by atoms with Gasteiger partial charge >= 0.3 is 0 Å². The number of rotatable bonds is 5. The van der Waals surface area contributed by atoms with E-state index < -0.39 is 0 Å². The SMILES string of the molecule is Cc1ccc2cc(C(=O)NCC(C)Cn3cccn3)ccc2n1. The van der Waals surface area contributed by atoms with Crippen molar-refractivity contribution in [1.82, 2.24) is 20.1 Å². The van der Waals surface area contributed by atoms with Crippen LogP contribution in [-0.2, 0) is 6.54 Å². The number of carbonyl (C=O) groups excluding carboxylic acids is 1. The molecular formula is C18H20N4O. The van der Waals surface area contributed by atoms with Gasteiger partial charge in [0.2, 0.25) is 0 Å². The van der Waals surface area contributed by atoms with Crippen molar-refractivity contribution in [2.45, 2.75) is 20.4 Å². The van der Waals surface area contributed by atoms with Gasteiger partial charge in [-0.25, -0.2) is 0 Å². The fourth-order valence-corrected chi connectivity index (χ4v) is 2.53. The first-order valence-corrected chi connectivity index (χ1v) is 7.75. The van der Waals surface area contributed by atoms with Crippen LogP contribution in [0.1, 0.15) is 23.0 Å². The van der Waals surface area contributed by atoms with Crippen LogP contribution < -0.4 is 5.32 Å². The van der Waals surface area contributed by atoms with Gasteiger partial charge in [0.05, 0.1) is 5.52 Å². The summed E-state index contributed by atoms with van der Waals surface area (Å²) < 4.78 is 1.88. The molecule has 118 valence electrons. The third kappa shape index (κ3) is 3.74. The second-order valence-corrected chi connectivity index (χ2v) is 5.90. The van der Waals surface area contributed by atoms with Gasteiger partial charge in [0.15, 0.2) is 0 Å². The van der Waals surface area contributed by atoms with Crippen LogP contribution in [0.4, 0.5) is 0 Å². The van der Waals surface area contributed by atoms with Crippen LogP contribution in [0.5, 0.6) is 0 Å². The second kappa shape index (κ2) is 6.60. The number of aromatic nitrogens is 3. The molecular weight excluding hydrogens is 288 g/mol. The lowest BCUT2D eigenvalue weighted by atomic mass is 10.1. The van der Waals surface area contributed by atoms with E-state index in [1.165, 1.54) is 0 Å². The van der Waals surface area contributed by atoms with Crippen molar-refractivity contribution in [3.63, 3.8) is 0 Å². The molecule has 1 N–H and O–H groups in total. The zero-order valence-electron chi connectivity index (χ0n) is 13.4. The molecule has 1 aromatic carbocycles. The highest BCUT2D eigenvalue weighted by molar-refractivity contribution is 5.97. The van der Waals surface area contributed by atoms with E-state index in [0.29, 0.717) is 18.0 Å². The predicted octanol–water partition coefficient (Wildman–Crippen LogP) is 2.81. The average Bonchev–Trinajstić information content (AvgIpc) is 3.05. The van der Waals surface area contributed by atoms with Crippen LogP contribution >= 0.6 is 0 Å². The van der Waals surface area contributed by atoms with Crippen LogP contribution in [0.2, 0.25) is 0 Å². The Morgan fingerprint density at radius 3 is 2.96 bits per heavy atom. The molecule has 0 spiro atoms. The maximum Gasteiger partial charge on any atom is 0.251 e. The number of carbonyl (C=O) groups is 1. The number of fused-ring (bicyclic) bond motifs is 1. The summed E-state index contributed by atoms with van der Waals surface area (Å²) in [6, 6.07) is 11.4. The number of amides is 1. The van der Waals surface area contributed by atoms with Crippen LogP contribution in [0.3, 0.4) is 0 Å². The summed E-state index contributed by atoms with van der Waals surface area (Å²) in [5, 5.41) is 8.15. The lowest BCUT2D eigenvalue weighted by molar-refractivity contribution is 0.0946. The Balaban J connectivity index is 1.62. The van der Waals surface area contributed by atoms with E-state index in [0.717, 1.165) is 23.1 Å². The van der Waals surface area contributed by atoms with Gasteiger partial charge in [-0.3, -0.25) is 14.5 Å². The zero-order chi connectivity index (χ0) is 16.2. The first-order chi connectivity index (χ1) is 11.1. The van der Waals surface area contributed by atoms with E-state index in [1.54, 1.807) is 6.20 Å². The molecule has 0 radical (unpaired) electrons. The number of nitrogens with one attached hydrogen (secondary N) is 1. The average molecular weight is 308 g/mol. The molecule has 0 aliphatic heterocycles. The summed E-state index contributed by atoms with van der Waals surface area (Å²) in [4.78, 5) is 16.8. The van der Waals surface area contributed by atoms with Gasteiger partial charge in [-0.1, -0.05) is 13.0 Å². The van der Waals surface area contributed by atoms with Gasteiger partial charge in [0, 0.05) is 42.1 Å². The quantitative estimate of drug-likeness (QED) is 0.788. The van der Waals surface area contributed by atoms with Gasteiger partial charge < -0.3 is 5.32 Å². The Bertz CT molecular complexity index is 811. The monoisotopic (exact) mass is 308 g/mol. The molecule has 1 atom stereocenters. The number of benzene rings is 1. The molecule has 2 heterocycles. The Labute approximate surface area is 135 Å². The van der Waals surface area contributed by atoms with Crippen molar-refractivity contribution in [1.29, 1.82) is 0 Å². The highest BCUT2D eigenvalue weighted by Crippen LogP contribution is 2.15. The minimum atomic E-state index is -0.0557. The van der Waals surface area contributed by atoms with E-state index in [1.807, 2.05) is 54.2 Å². The first kappa shape index (κ1) is 15.2. The Hall–Kier alpha value is -2.69. The molecule has 0 aliphatic rings. The third-order valence-corrected chi connectivity index (χ3v) is 3.76. The lowest BCUT2D eigenvalue weighted by Crippen LogP contribution is -2.30. The minimum Gasteiger partial charge on any atom is -0.352 e. The van der Waals surface area contributed by atoms with E-state index in [4.69, 9.17) is 0 Å². The molecule has 0 saturated heterocycles. The van der Waals surface area contributed by atoms with E-state index in [2.05, 4.69) is 22.3 Å². The highest BCUT2D eigenvalue weighted by atomic mass is 16.1. The van der Waals surface area contributed by atoms with Crippen LogP contribution in [0.25, 0.3) is 10.9 Å². The van der Waals surface area contributed by atoms with Crippen LogP contribution in [0.15, 0.2) is 48.8 Å². The summed E-state index contributed by atoms with van der Waals surface area (Å²) in [5.74, 6) is 0.253. The summed E-state index contributed by atoms with van der Waals surface area (Å²) >= 11 is 0. The highest BCUT2D eigenvalue weighted by Gasteiger charge is 2.09. The smallest absolute Gasteiger partial charge is 0.251 e.